The fraction of sp³-hybridized carbons (Fsp3) is 0.375. The van der Waals surface area contributed by atoms with Gasteiger partial charge in [-0.2, -0.15) is 12.2 Å². The van der Waals surface area contributed by atoms with Crippen molar-refractivity contribution < 1.29 is 23.3 Å². The summed E-state index contributed by atoms with van der Waals surface area (Å²) in [5.74, 6) is 0. The molecule has 0 heterocycles. The van der Waals surface area contributed by atoms with Crippen LogP contribution in [0.25, 0.3) is 0 Å². The van der Waals surface area contributed by atoms with E-state index in [1.165, 1.54) is 22.3 Å². The molecular weight excluding hydrogens is 471 g/mol. The van der Waals surface area contributed by atoms with E-state index in [1.54, 1.807) is 23.3 Å². The molecule has 0 aromatic rings. The molecule has 2 aliphatic rings. The van der Waals surface area contributed by atoms with Crippen molar-refractivity contribution in [3.63, 3.8) is 0 Å². The van der Waals surface area contributed by atoms with Crippen LogP contribution in [0.1, 0.15) is 40.5 Å². The van der Waals surface area contributed by atoms with E-state index in [-0.39, 0.29) is 48.8 Å². The van der Waals surface area contributed by atoms with Crippen LogP contribution in [0, 0.1) is 27.0 Å². The summed E-state index contributed by atoms with van der Waals surface area (Å²) in [6.45, 7) is 10.4. The number of halogens is 2. The van der Waals surface area contributed by atoms with Crippen LogP contribution in [0.3, 0.4) is 0 Å². The Hall–Kier alpha value is 1.02. The standard InChI is InChI=1S/2C7H9.2CH3.2BrH.H2Si.Zr/c2*1-6-4-3-5-7(6)2;;;;;;/h2*4H,3H2,1-2H3;2*1H3;2*1H;1H2;/q4*-1;;;;. The molecule has 0 saturated heterocycles. The predicted octanol–water partition coefficient (Wildman–Crippen LogP) is 5.31. The Balaban J connectivity index is -0.0000000566. The van der Waals surface area contributed by atoms with Gasteiger partial charge in [0, 0.05) is 0 Å². The molecule has 20 heavy (non-hydrogen) atoms. The Morgan fingerprint density at radius 2 is 1.05 bits per heavy atom. The summed E-state index contributed by atoms with van der Waals surface area (Å²) in [5.41, 5.74) is 5.42. The van der Waals surface area contributed by atoms with Gasteiger partial charge in [0.15, 0.2) is 0 Å². The fourth-order valence-electron chi connectivity index (χ4n) is 1.30. The second-order valence-electron chi connectivity index (χ2n) is 3.79. The first kappa shape index (κ1) is 32.8. The minimum atomic E-state index is 0. The van der Waals surface area contributed by atoms with E-state index >= 15 is 0 Å². The molecule has 0 nitrogen and oxygen atoms in total. The van der Waals surface area contributed by atoms with Crippen LogP contribution in [-0.2, 0) is 23.3 Å². The van der Waals surface area contributed by atoms with Crippen molar-refractivity contribution >= 4 is 40.8 Å². The average molecular weight is 500 g/mol. The first-order chi connectivity index (χ1) is 7.61. The van der Waals surface area contributed by atoms with Gasteiger partial charge in [-0.1, -0.05) is 13.8 Å². The van der Waals surface area contributed by atoms with Gasteiger partial charge in [-0.3, -0.25) is 12.2 Å². The monoisotopic (exact) mass is 496 g/mol. The number of hydrogen-bond acceptors (Lipinski definition) is 0. The molecule has 0 saturated carbocycles. The van der Waals surface area contributed by atoms with Crippen LogP contribution in [-0.4, -0.2) is 6.88 Å². The molecule has 0 unspecified atom stereocenters. The van der Waals surface area contributed by atoms with Crippen LogP contribution in [0.2, 0.25) is 0 Å². The Morgan fingerprint density at radius 1 is 0.800 bits per heavy atom. The molecule has 0 aromatic heterocycles. The third kappa shape index (κ3) is 14.0. The Bertz CT molecular complexity index is 289. The van der Waals surface area contributed by atoms with Crippen LogP contribution < -0.4 is 0 Å². The average Bonchev–Trinajstić information content (AvgIpc) is 2.83. The van der Waals surface area contributed by atoms with Gasteiger partial charge in [-0.25, -0.2) is 22.3 Å². The maximum absolute atomic E-state index is 3.19. The van der Waals surface area contributed by atoms with E-state index in [2.05, 4.69) is 52.0 Å². The van der Waals surface area contributed by atoms with Gasteiger partial charge < -0.3 is 14.9 Å². The maximum atomic E-state index is 3.19. The first-order valence-corrected chi connectivity index (χ1v) is 11.4. The number of hydrogen-bond donors (Lipinski definition) is 0. The molecule has 2 rings (SSSR count). The third-order valence-corrected chi connectivity index (χ3v) is 2.73. The quantitative estimate of drug-likeness (QED) is 0.313. The zero-order valence-electron chi connectivity index (χ0n) is 13.6. The molecule has 0 amide bonds. The molecule has 0 fully saturated rings. The van der Waals surface area contributed by atoms with Crippen molar-refractivity contribution in [2.24, 2.45) is 0 Å². The molecule has 0 spiro atoms. The molecule has 0 aromatic carbocycles. The van der Waals surface area contributed by atoms with Crippen LogP contribution >= 0.6 is 34.0 Å². The van der Waals surface area contributed by atoms with Gasteiger partial charge in [0.25, 0.3) is 0 Å². The normalized spacial score (nSPS) is 13.6. The molecule has 0 N–H and O–H groups in total. The summed E-state index contributed by atoms with van der Waals surface area (Å²) < 4.78 is 0. The molecule has 0 atom stereocenters. The van der Waals surface area contributed by atoms with Crippen LogP contribution in [0.15, 0.2) is 34.4 Å². The Morgan fingerprint density at radius 3 is 1.10 bits per heavy atom. The zero-order chi connectivity index (χ0) is 12.6. The van der Waals surface area contributed by atoms with Gasteiger partial charge in [-0.15, -0.1) is 60.7 Å². The number of allylic oxidation sites excluding steroid dienone is 8. The van der Waals surface area contributed by atoms with Crippen LogP contribution in [0.5, 0.6) is 0 Å². The molecule has 0 radical (unpaired) electrons. The summed E-state index contributed by atoms with van der Waals surface area (Å²) in [5, 5.41) is 0. The van der Waals surface area contributed by atoms with Gasteiger partial charge in [0.1, 0.15) is 0 Å². The molecule has 118 valence electrons. The van der Waals surface area contributed by atoms with E-state index in [4.69, 9.17) is 0 Å². The number of rotatable bonds is 0. The van der Waals surface area contributed by atoms with Crippen molar-refractivity contribution in [2.75, 3.05) is 0 Å². The van der Waals surface area contributed by atoms with Crippen molar-refractivity contribution in [1.29, 1.82) is 0 Å². The summed E-state index contributed by atoms with van der Waals surface area (Å²) in [6, 6.07) is 0. The Kier molecular flexibility index (Phi) is 32.9. The first-order valence-electron chi connectivity index (χ1n) is 5.45. The summed E-state index contributed by atoms with van der Waals surface area (Å²) in [4.78, 5) is 0. The van der Waals surface area contributed by atoms with E-state index in [0.29, 0.717) is 0 Å². The van der Waals surface area contributed by atoms with Gasteiger partial charge in [0.05, 0.1) is 0 Å². The second-order valence-corrected chi connectivity index (χ2v) is 3.79. The van der Waals surface area contributed by atoms with Crippen LogP contribution in [0.4, 0.5) is 0 Å². The molecule has 4 heteroatoms. The minimum absolute atomic E-state index is 0. The topological polar surface area (TPSA) is 0 Å². The van der Waals surface area contributed by atoms with E-state index in [9.17, 15) is 0 Å². The van der Waals surface area contributed by atoms with E-state index < -0.39 is 0 Å². The molecule has 0 aliphatic heterocycles. The van der Waals surface area contributed by atoms with Crippen molar-refractivity contribution in [2.45, 2.75) is 40.5 Å². The van der Waals surface area contributed by atoms with Crippen molar-refractivity contribution in [1.82, 2.24) is 0 Å². The van der Waals surface area contributed by atoms with Gasteiger partial charge in [-0.05, 0) is 0 Å². The van der Waals surface area contributed by atoms with E-state index in [0.717, 1.165) is 12.8 Å². The van der Waals surface area contributed by atoms with Gasteiger partial charge >= 0.3 is 30.2 Å². The molecular formula is C16H28Br2SiZr-4. The summed E-state index contributed by atoms with van der Waals surface area (Å²) >= 11 is 1.58. The third-order valence-electron chi connectivity index (χ3n) is 2.73. The van der Waals surface area contributed by atoms with Crippen molar-refractivity contribution in [3.05, 3.63) is 61.4 Å². The molecule has 0 bridgehead atoms. The summed E-state index contributed by atoms with van der Waals surface area (Å²) in [6.07, 6.45) is 12.8. The zero-order valence-corrected chi connectivity index (χ0v) is 20.9. The summed E-state index contributed by atoms with van der Waals surface area (Å²) in [7, 11) is 0. The predicted molar refractivity (Wildman–Crippen MR) is 104 cm³/mol. The van der Waals surface area contributed by atoms with Gasteiger partial charge in [0.2, 0.25) is 0 Å². The SMILES string of the molecule is Br.Br.CC1=[C-]CC=C1C.CC1=[C-]CC=C1C.[CH3-].[CH3-].[SiH2]=[Zr]. The second kappa shape index (κ2) is 20.0. The Labute approximate surface area is 165 Å². The molecule has 2 aliphatic carbocycles. The van der Waals surface area contributed by atoms with Crippen molar-refractivity contribution in [3.8, 4) is 0 Å². The van der Waals surface area contributed by atoms with E-state index in [1.807, 2.05) is 6.88 Å². The fourth-order valence-corrected chi connectivity index (χ4v) is 1.30.